The molecule has 0 atom stereocenters. The maximum Gasteiger partial charge on any atom is 0.573 e. The van der Waals surface area contributed by atoms with Gasteiger partial charge in [-0.1, -0.05) is 39.3 Å². The summed E-state index contributed by atoms with van der Waals surface area (Å²) in [4.78, 5) is 12.3. The van der Waals surface area contributed by atoms with Gasteiger partial charge in [-0.25, -0.2) is 0 Å². The van der Waals surface area contributed by atoms with Gasteiger partial charge in [0.05, 0.1) is 5.56 Å². The SMILES string of the molecule is CCCCc1c(-c2cccc(OC(F)(F)F)c2)c(C(N)=O)c(C)n1CCC(C)C. The molecule has 1 heterocycles. The van der Waals surface area contributed by atoms with E-state index in [0.717, 1.165) is 37.2 Å². The molecule has 2 aromatic rings. The number of hydrogen-bond acceptors (Lipinski definition) is 2. The fourth-order valence-corrected chi connectivity index (χ4v) is 3.55. The summed E-state index contributed by atoms with van der Waals surface area (Å²) < 4.78 is 44.2. The lowest BCUT2D eigenvalue weighted by atomic mass is 9.97. The van der Waals surface area contributed by atoms with Crippen molar-refractivity contribution in [3.05, 3.63) is 41.2 Å². The summed E-state index contributed by atoms with van der Waals surface area (Å²) in [5.41, 5.74) is 8.85. The van der Waals surface area contributed by atoms with Crippen LogP contribution in [0.3, 0.4) is 0 Å². The Morgan fingerprint density at radius 3 is 2.52 bits per heavy atom. The zero-order valence-electron chi connectivity index (χ0n) is 17.4. The number of halogens is 3. The number of alkyl halides is 3. The first-order valence-electron chi connectivity index (χ1n) is 9.93. The Kier molecular flexibility index (Phi) is 7.38. The lowest BCUT2D eigenvalue weighted by Crippen LogP contribution is -2.17. The monoisotopic (exact) mass is 410 g/mol. The standard InChI is InChI=1S/C22H29F3N2O2/c1-5-6-10-18-20(16-8-7-9-17(13-16)29-22(23,24)25)19(21(26)28)15(4)27(18)12-11-14(2)3/h7-9,13-14H,5-6,10-12H2,1-4H3,(H2,26,28). The van der Waals surface area contributed by atoms with Crippen molar-refractivity contribution in [3.63, 3.8) is 0 Å². The number of hydrogen-bond donors (Lipinski definition) is 1. The van der Waals surface area contributed by atoms with Gasteiger partial charge in [0, 0.05) is 23.5 Å². The zero-order valence-corrected chi connectivity index (χ0v) is 17.4. The highest BCUT2D eigenvalue weighted by Crippen LogP contribution is 2.36. The molecule has 0 unspecified atom stereocenters. The number of carbonyl (C=O) groups is 1. The second kappa shape index (κ2) is 9.37. The third-order valence-corrected chi connectivity index (χ3v) is 4.93. The Hall–Kier alpha value is -2.44. The van der Waals surface area contributed by atoms with Gasteiger partial charge in [-0.2, -0.15) is 0 Å². The van der Waals surface area contributed by atoms with Crippen molar-refractivity contribution in [3.8, 4) is 16.9 Å². The van der Waals surface area contributed by atoms with Gasteiger partial charge in [-0.3, -0.25) is 4.79 Å². The van der Waals surface area contributed by atoms with E-state index in [9.17, 15) is 18.0 Å². The molecular formula is C22H29F3N2O2. The summed E-state index contributed by atoms with van der Waals surface area (Å²) in [5.74, 6) is -0.431. The first kappa shape index (κ1) is 22.8. The summed E-state index contributed by atoms with van der Waals surface area (Å²) in [5, 5.41) is 0. The van der Waals surface area contributed by atoms with Crippen LogP contribution >= 0.6 is 0 Å². The van der Waals surface area contributed by atoms with Crippen molar-refractivity contribution < 1.29 is 22.7 Å². The van der Waals surface area contributed by atoms with E-state index in [-0.39, 0.29) is 5.75 Å². The van der Waals surface area contributed by atoms with Crippen molar-refractivity contribution in [2.45, 2.75) is 66.3 Å². The first-order chi connectivity index (χ1) is 13.5. The lowest BCUT2D eigenvalue weighted by Gasteiger charge is -2.15. The predicted octanol–water partition coefficient (Wildman–Crippen LogP) is 5.85. The van der Waals surface area contributed by atoms with Crippen molar-refractivity contribution in [2.24, 2.45) is 11.7 Å². The van der Waals surface area contributed by atoms with E-state index in [1.54, 1.807) is 6.07 Å². The third kappa shape index (κ3) is 5.78. The van der Waals surface area contributed by atoms with E-state index in [4.69, 9.17) is 5.73 Å². The number of carbonyl (C=O) groups excluding carboxylic acids is 1. The Morgan fingerprint density at radius 1 is 1.28 bits per heavy atom. The molecule has 1 aromatic carbocycles. The quantitative estimate of drug-likeness (QED) is 0.564. The molecule has 160 valence electrons. The molecule has 0 spiro atoms. The fraction of sp³-hybridized carbons (Fsp3) is 0.500. The van der Waals surface area contributed by atoms with Crippen molar-refractivity contribution in [1.82, 2.24) is 4.57 Å². The van der Waals surface area contributed by atoms with Crippen LogP contribution in [0.15, 0.2) is 24.3 Å². The van der Waals surface area contributed by atoms with E-state index in [2.05, 4.69) is 30.1 Å². The highest BCUT2D eigenvalue weighted by atomic mass is 19.4. The van der Waals surface area contributed by atoms with Gasteiger partial charge < -0.3 is 15.0 Å². The molecule has 0 radical (unpaired) electrons. The maximum absolute atomic E-state index is 12.7. The topological polar surface area (TPSA) is 57.2 Å². The first-order valence-corrected chi connectivity index (χ1v) is 9.93. The van der Waals surface area contributed by atoms with Crippen molar-refractivity contribution in [1.29, 1.82) is 0 Å². The van der Waals surface area contributed by atoms with Gasteiger partial charge in [0.1, 0.15) is 5.75 Å². The molecule has 0 aliphatic heterocycles. The van der Waals surface area contributed by atoms with Crippen LogP contribution in [0.5, 0.6) is 5.75 Å². The van der Waals surface area contributed by atoms with E-state index >= 15 is 0 Å². The van der Waals surface area contributed by atoms with Crippen LogP contribution in [0.4, 0.5) is 13.2 Å². The normalized spacial score (nSPS) is 11.9. The molecule has 2 rings (SSSR count). The van der Waals surface area contributed by atoms with Crippen LogP contribution in [0, 0.1) is 12.8 Å². The third-order valence-electron chi connectivity index (χ3n) is 4.93. The number of aromatic nitrogens is 1. The Bertz CT molecular complexity index is 854. The minimum absolute atomic E-state index is 0.320. The second-order valence-electron chi connectivity index (χ2n) is 7.66. The molecule has 2 N–H and O–H groups in total. The second-order valence-corrected chi connectivity index (χ2v) is 7.66. The average molecular weight is 410 g/mol. The number of rotatable bonds is 9. The highest BCUT2D eigenvalue weighted by molar-refractivity contribution is 6.02. The molecule has 1 amide bonds. The van der Waals surface area contributed by atoms with E-state index in [1.807, 2.05) is 6.92 Å². The Labute approximate surface area is 169 Å². The number of primary amides is 1. The summed E-state index contributed by atoms with van der Waals surface area (Å²) in [6.45, 7) is 8.88. The van der Waals surface area contributed by atoms with Crippen LogP contribution in [0.2, 0.25) is 0 Å². The fourth-order valence-electron chi connectivity index (χ4n) is 3.55. The largest absolute Gasteiger partial charge is 0.573 e. The summed E-state index contributed by atoms with van der Waals surface area (Å²) in [6, 6.07) is 5.74. The lowest BCUT2D eigenvalue weighted by molar-refractivity contribution is -0.274. The molecule has 0 saturated carbocycles. The van der Waals surface area contributed by atoms with Crippen LogP contribution in [0.25, 0.3) is 11.1 Å². The van der Waals surface area contributed by atoms with Crippen LogP contribution < -0.4 is 10.5 Å². The number of amides is 1. The van der Waals surface area contributed by atoms with E-state index in [1.165, 1.54) is 18.2 Å². The smallest absolute Gasteiger partial charge is 0.406 e. The highest BCUT2D eigenvalue weighted by Gasteiger charge is 2.31. The molecule has 0 aliphatic rings. The van der Waals surface area contributed by atoms with Gasteiger partial charge in [-0.15, -0.1) is 13.2 Å². The summed E-state index contributed by atoms with van der Waals surface area (Å²) >= 11 is 0. The van der Waals surface area contributed by atoms with Gasteiger partial charge in [0.25, 0.3) is 5.91 Å². The van der Waals surface area contributed by atoms with Crippen molar-refractivity contribution >= 4 is 5.91 Å². The van der Waals surface area contributed by atoms with Crippen molar-refractivity contribution in [2.75, 3.05) is 0 Å². The number of benzene rings is 1. The maximum atomic E-state index is 12.7. The number of unbranched alkanes of at least 4 members (excludes halogenated alkanes) is 1. The van der Waals surface area contributed by atoms with E-state index < -0.39 is 12.3 Å². The molecule has 0 bridgehead atoms. The van der Waals surface area contributed by atoms with Gasteiger partial charge >= 0.3 is 6.36 Å². The Morgan fingerprint density at radius 2 is 1.97 bits per heavy atom. The molecular weight excluding hydrogens is 381 g/mol. The van der Waals surface area contributed by atoms with Crippen LogP contribution in [0.1, 0.15) is 61.8 Å². The van der Waals surface area contributed by atoms with Gasteiger partial charge in [-0.05, 0) is 49.8 Å². The number of ether oxygens (including phenoxy) is 1. The minimum Gasteiger partial charge on any atom is -0.406 e. The summed E-state index contributed by atoms with van der Waals surface area (Å²) in [7, 11) is 0. The molecule has 0 saturated heterocycles. The summed E-state index contributed by atoms with van der Waals surface area (Å²) in [6.07, 6.45) is -1.30. The molecule has 0 aliphatic carbocycles. The van der Waals surface area contributed by atoms with Crippen LogP contribution in [-0.2, 0) is 13.0 Å². The number of nitrogens with two attached hydrogens (primary N) is 1. The molecule has 1 aromatic heterocycles. The van der Waals surface area contributed by atoms with E-state index in [0.29, 0.717) is 29.0 Å². The molecule has 7 heteroatoms. The van der Waals surface area contributed by atoms with Gasteiger partial charge in [0.2, 0.25) is 0 Å². The zero-order chi connectivity index (χ0) is 21.8. The Balaban J connectivity index is 2.66. The molecule has 29 heavy (non-hydrogen) atoms. The predicted molar refractivity (Wildman–Crippen MR) is 108 cm³/mol. The molecule has 4 nitrogen and oxygen atoms in total. The van der Waals surface area contributed by atoms with Gasteiger partial charge in [0.15, 0.2) is 0 Å². The average Bonchev–Trinajstić information content (AvgIpc) is 2.88. The minimum atomic E-state index is -4.78. The number of nitrogens with zero attached hydrogens (tertiary/aromatic N) is 1. The van der Waals surface area contributed by atoms with Crippen LogP contribution in [-0.4, -0.2) is 16.8 Å². The molecule has 0 fully saturated rings.